The number of benzene rings is 2. The van der Waals surface area contributed by atoms with Crippen LogP contribution in [0.2, 0.25) is 0 Å². The first-order valence-electron chi connectivity index (χ1n) is 11.7. The fourth-order valence-electron chi connectivity index (χ4n) is 4.08. The maximum Gasteiger partial charge on any atom is 0.416 e. The van der Waals surface area contributed by atoms with E-state index in [0.717, 1.165) is 29.8 Å². The molecule has 2 amide bonds. The van der Waals surface area contributed by atoms with Crippen molar-refractivity contribution >= 4 is 23.9 Å². The Bertz CT molecular complexity index is 1140. The number of nitrogens with one attached hydrogen (secondary N) is 1. The molecule has 2 aromatic carbocycles. The van der Waals surface area contributed by atoms with E-state index >= 15 is 0 Å². The van der Waals surface area contributed by atoms with E-state index in [-0.39, 0.29) is 30.5 Å². The van der Waals surface area contributed by atoms with Crippen molar-refractivity contribution < 1.29 is 37.1 Å². The molecule has 198 valence electrons. The Balaban J connectivity index is 1.60. The molecule has 1 aliphatic rings. The smallest absolute Gasteiger partial charge is 0.416 e. The van der Waals surface area contributed by atoms with Crippen LogP contribution in [0.15, 0.2) is 54.6 Å². The molecule has 2 N–H and O–H groups in total. The summed E-state index contributed by atoms with van der Waals surface area (Å²) in [5.41, 5.74) is -0.424. The van der Waals surface area contributed by atoms with Gasteiger partial charge in [0.1, 0.15) is 5.82 Å². The first-order chi connectivity index (χ1) is 17.5. The predicted octanol–water partition coefficient (Wildman–Crippen LogP) is 3.72. The molecule has 1 aliphatic heterocycles. The number of hydrogen-bond acceptors (Lipinski definition) is 4. The van der Waals surface area contributed by atoms with Crippen LogP contribution >= 0.6 is 0 Å². The lowest BCUT2D eigenvalue weighted by atomic mass is 10.0. The first kappa shape index (κ1) is 27.9. The van der Waals surface area contributed by atoms with Gasteiger partial charge in [-0.15, -0.1) is 0 Å². The lowest BCUT2D eigenvalue weighted by molar-refractivity contribution is -0.138. The molecule has 0 radical (unpaired) electrons. The molecule has 3 rings (SSSR count). The van der Waals surface area contributed by atoms with Crippen LogP contribution in [0.4, 0.5) is 17.6 Å². The van der Waals surface area contributed by atoms with Crippen LogP contribution in [-0.2, 0) is 20.6 Å². The minimum absolute atomic E-state index is 0.0606. The molecule has 7 nitrogen and oxygen atoms in total. The number of rotatable bonds is 9. The van der Waals surface area contributed by atoms with Gasteiger partial charge < -0.3 is 15.3 Å². The second-order valence-electron chi connectivity index (χ2n) is 8.60. The van der Waals surface area contributed by atoms with Crippen molar-refractivity contribution in [2.75, 3.05) is 32.7 Å². The molecule has 2 aromatic rings. The number of nitrogens with zero attached hydrogens (tertiary/aromatic N) is 2. The highest BCUT2D eigenvalue weighted by Gasteiger charge is 2.32. The van der Waals surface area contributed by atoms with E-state index in [4.69, 9.17) is 5.11 Å². The Kier molecular flexibility index (Phi) is 9.40. The summed E-state index contributed by atoms with van der Waals surface area (Å²) >= 11 is 0. The van der Waals surface area contributed by atoms with Crippen LogP contribution < -0.4 is 5.32 Å². The van der Waals surface area contributed by atoms with E-state index in [1.54, 1.807) is 4.90 Å². The number of halogens is 4. The largest absolute Gasteiger partial charge is 0.481 e. The average molecular weight is 522 g/mol. The summed E-state index contributed by atoms with van der Waals surface area (Å²) in [6, 6.07) is 11.1. The molecule has 1 heterocycles. The molecule has 37 heavy (non-hydrogen) atoms. The van der Waals surface area contributed by atoms with Gasteiger partial charge in [-0.1, -0.05) is 36.4 Å². The molecule has 11 heteroatoms. The molecule has 1 fully saturated rings. The number of carbonyl (C=O) groups is 3. The van der Waals surface area contributed by atoms with E-state index in [1.165, 1.54) is 0 Å². The van der Waals surface area contributed by atoms with Gasteiger partial charge >= 0.3 is 12.1 Å². The molecule has 0 spiro atoms. The number of carboxylic acids is 1. The van der Waals surface area contributed by atoms with Gasteiger partial charge in [0.25, 0.3) is 0 Å². The van der Waals surface area contributed by atoms with Gasteiger partial charge in [-0.25, -0.2) is 4.39 Å². The number of hydrogen-bond donors (Lipinski definition) is 2. The number of aliphatic carboxylic acids is 1. The SMILES string of the molecule is O=C(O)CCCN1CCN(C(=O)CNC(=O)/C=C/c2ccc(C(F)(F)F)cc2F)[C@@H](c2ccccc2)C1. The van der Waals surface area contributed by atoms with E-state index in [1.807, 2.05) is 30.3 Å². The molecule has 0 aromatic heterocycles. The minimum atomic E-state index is -4.68. The first-order valence-corrected chi connectivity index (χ1v) is 11.7. The van der Waals surface area contributed by atoms with Crippen LogP contribution in [-0.4, -0.2) is 65.4 Å². The molecule has 1 saturated heterocycles. The van der Waals surface area contributed by atoms with E-state index in [9.17, 15) is 31.9 Å². The quantitative estimate of drug-likeness (QED) is 0.388. The fourth-order valence-corrected chi connectivity index (χ4v) is 4.08. The zero-order valence-electron chi connectivity index (χ0n) is 19.9. The van der Waals surface area contributed by atoms with Gasteiger partial charge in [0.05, 0.1) is 18.2 Å². The van der Waals surface area contributed by atoms with Crippen LogP contribution in [0.25, 0.3) is 6.08 Å². The van der Waals surface area contributed by atoms with Gasteiger partial charge in [-0.2, -0.15) is 13.2 Å². The van der Waals surface area contributed by atoms with Gasteiger partial charge in [0.2, 0.25) is 11.8 Å². The number of carboxylic acid groups (broad SMARTS) is 1. The van der Waals surface area contributed by atoms with E-state index < -0.39 is 29.4 Å². The molecule has 1 atom stereocenters. The summed E-state index contributed by atoms with van der Waals surface area (Å²) in [5.74, 6) is -3.01. The monoisotopic (exact) mass is 521 g/mol. The van der Waals surface area contributed by atoms with Crippen LogP contribution in [0.1, 0.15) is 35.6 Å². The average Bonchev–Trinajstić information content (AvgIpc) is 2.86. The van der Waals surface area contributed by atoms with Gasteiger partial charge in [0.15, 0.2) is 0 Å². The summed E-state index contributed by atoms with van der Waals surface area (Å²) < 4.78 is 52.0. The number of carbonyl (C=O) groups excluding carboxylic acids is 2. The Morgan fingerprint density at radius 2 is 1.81 bits per heavy atom. The lowest BCUT2D eigenvalue weighted by Gasteiger charge is -2.42. The number of piperazine rings is 1. The molecule has 0 aliphatic carbocycles. The zero-order valence-corrected chi connectivity index (χ0v) is 19.9. The molecule has 0 unspecified atom stereocenters. The van der Waals surface area contributed by atoms with Crippen molar-refractivity contribution in [3.63, 3.8) is 0 Å². The summed E-state index contributed by atoms with van der Waals surface area (Å²) in [5, 5.41) is 11.3. The molecule has 0 saturated carbocycles. The van der Waals surface area contributed by atoms with Crippen LogP contribution in [0.5, 0.6) is 0 Å². The van der Waals surface area contributed by atoms with Gasteiger partial charge in [0, 0.05) is 37.7 Å². The third kappa shape index (κ3) is 8.14. The van der Waals surface area contributed by atoms with E-state index in [2.05, 4.69) is 10.2 Å². The summed E-state index contributed by atoms with van der Waals surface area (Å²) in [4.78, 5) is 39.7. The Morgan fingerprint density at radius 1 is 1.08 bits per heavy atom. The summed E-state index contributed by atoms with van der Waals surface area (Å²) in [7, 11) is 0. The second-order valence-corrected chi connectivity index (χ2v) is 8.60. The van der Waals surface area contributed by atoms with Crippen LogP contribution in [0.3, 0.4) is 0 Å². The predicted molar refractivity (Wildman–Crippen MR) is 128 cm³/mol. The highest BCUT2D eigenvalue weighted by Crippen LogP contribution is 2.30. The highest BCUT2D eigenvalue weighted by atomic mass is 19.4. The van der Waals surface area contributed by atoms with Crippen molar-refractivity contribution in [1.82, 2.24) is 15.1 Å². The van der Waals surface area contributed by atoms with Crippen molar-refractivity contribution in [2.24, 2.45) is 0 Å². The van der Waals surface area contributed by atoms with Crippen molar-refractivity contribution in [1.29, 1.82) is 0 Å². The molecule has 0 bridgehead atoms. The summed E-state index contributed by atoms with van der Waals surface area (Å²) in [6.07, 6.45) is -2.13. The topological polar surface area (TPSA) is 89.9 Å². The van der Waals surface area contributed by atoms with E-state index in [0.29, 0.717) is 38.7 Å². The fraction of sp³-hybridized carbons (Fsp3) is 0.346. The minimum Gasteiger partial charge on any atom is -0.481 e. The van der Waals surface area contributed by atoms with Crippen molar-refractivity contribution in [3.05, 3.63) is 77.1 Å². The number of alkyl halides is 3. The van der Waals surface area contributed by atoms with Crippen molar-refractivity contribution in [2.45, 2.75) is 25.1 Å². The highest BCUT2D eigenvalue weighted by molar-refractivity contribution is 5.94. The Labute approximate surface area is 211 Å². The van der Waals surface area contributed by atoms with Gasteiger partial charge in [-0.05, 0) is 36.7 Å². The summed E-state index contributed by atoms with van der Waals surface area (Å²) in [6.45, 7) is 1.71. The number of amides is 2. The zero-order chi connectivity index (χ0) is 27.0. The van der Waals surface area contributed by atoms with Crippen molar-refractivity contribution in [3.8, 4) is 0 Å². The van der Waals surface area contributed by atoms with Crippen LogP contribution in [0, 0.1) is 5.82 Å². The normalized spacial score (nSPS) is 16.6. The maximum absolute atomic E-state index is 14.0. The Hall–Kier alpha value is -3.73. The Morgan fingerprint density at radius 3 is 2.46 bits per heavy atom. The third-order valence-electron chi connectivity index (χ3n) is 5.99. The molecular formula is C26H27F4N3O4. The third-order valence-corrected chi connectivity index (χ3v) is 5.99. The standard InChI is InChI=1S/C26H27F4N3O4/c27-21-15-20(26(28,29)30)10-8-18(21)9-11-23(34)31-16-24(35)33-14-13-32(12-4-7-25(36)37)17-22(33)19-5-2-1-3-6-19/h1-3,5-6,8-11,15,22H,4,7,12-14,16-17H2,(H,31,34)(H,36,37)/b11-9+/t22-/m1/s1. The second kappa shape index (κ2) is 12.5. The molecular weight excluding hydrogens is 494 g/mol. The van der Waals surface area contributed by atoms with Gasteiger partial charge in [-0.3, -0.25) is 19.3 Å². The maximum atomic E-state index is 14.0. The lowest BCUT2D eigenvalue weighted by Crippen LogP contribution is -2.52.